The summed E-state index contributed by atoms with van der Waals surface area (Å²) in [5.41, 5.74) is -0.563. The molecular weight excluding hydrogens is 439 g/mol. The molecule has 0 aliphatic carbocycles. The van der Waals surface area contributed by atoms with Crippen molar-refractivity contribution in [3.63, 3.8) is 0 Å². The van der Waals surface area contributed by atoms with Crippen LogP contribution in [-0.2, 0) is 9.30 Å². The van der Waals surface area contributed by atoms with Gasteiger partial charge < -0.3 is 24.2 Å². The van der Waals surface area contributed by atoms with Gasteiger partial charge in [0.25, 0.3) is 11.5 Å². The summed E-state index contributed by atoms with van der Waals surface area (Å²) < 4.78 is 22.6. The minimum Gasteiger partial charge on any atom is -0.480 e. The SMILES string of the molecule is COc1nc(N2CCC(CCP(=O)(O)O)CC2)cc2cnn(C(=O)C3CCOC3)c(=O)c12. The third-order valence-electron chi connectivity index (χ3n) is 6.17. The number of aromatic nitrogens is 3. The highest BCUT2D eigenvalue weighted by Crippen LogP contribution is 2.38. The fourth-order valence-electron chi connectivity index (χ4n) is 4.29. The molecule has 4 rings (SSSR count). The van der Waals surface area contributed by atoms with Crippen molar-refractivity contribution in [1.29, 1.82) is 0 Å². The van der Waals surface area contributed by atoms with Crippen LogP contribution >= 0.6 is 7.60 Å². The summed E-state index contributed by atoms with van der Waals surface area (Å²) in [6, 6.07) is 1.76. The van der Waals surface area contributed by atoms with Crippen LogP contribution in [0.2, 0.25) is 0 Å². The average molecular weight is 466 g/mol. The molecule has 0 aromatic carbocycles. The maximum Gasteiger partial charge on any atom is 0.325 e. The second-order valence-corrected chi connectivity index (χ2v) is 10.1. The zero-order valence-corrected chi connectivity index (χ0v) is 18.7. The fraction of sp³-hybridized carbons (Fsp3) is 0.600. The van der Waals surface area contributed by atoms with E-state index in [-0.39, 0.29) is 35.9 Å². The summed E-state index contributed by atoms with van der Waals surface area (Å²) in [4.78, 5) is 50.5. The molecule has 1 atom stereocenters. The molecule has 11 nitrogen and oxygen atoms in total. The second kappa shape index (κ2) is 9.27. The average Bonchev–Trinajstić information content (AvgIpc) is 3.31. The Balaban J connectivity index is 1.56. The Morgan fingerprint density at radius 1 is 1.31 bits per heavy atom. The molecule has 2 saturated heterocycles. The number of hydrogen-bond donors (Lipinski definition) is 2. The van der Waals surface area contributed by atoms with Crippen molar-refractivity contribution in [2.75, 3.05) is 44.5 Å². The van der Waals surface area contributed by atoms with E-state index in [0.29, 0.717) is 43.7 Å². The Morgan fingerprint density at radius 3 is 2.69 bits per heavy atom. The van der Waals surface area contributed by atoms with Crippen molar-refractivity contribution < 1.29 is 28.6 Å². The molecule has 32 heavy (non-hydrogen) atoms. The van der Waals surface area contributed by atoms with Gasteiger partial charge in [-0.1, -0.05) is 0 Å². The number of piperidine rings is 1. The predicted molar refractivity (Wildman–Crippen MR) is 116 cm³/mol. The highest BCUT2D eigenvalue weighted by molar-refractivity contribution is 7.51. The van der Waals surface area contributed by atoms with Crippen molar-refractivity contribution in [3.8, 4) is 5.88 Å². The van der Waals surface area contributed by atoms with E-state index in [0.717, 1.165) is 17.5 Å². The first-order valence-corrected chi connectivity index (χ1v) is 12.4. The number of methoxy groups -OCH3 is 1. The lowest BCUT2D eigenvalue weighted by molar-refractivity contribution is 0.0792. The van der Waals surface area contributed by atoms with Crippen molar-refractivity contribution in [2.24, 2.45) is 11.8 Å². The van der Waals surface area contributed by atoms with Crippen LogP contribution < -0.4 is 15.2 Å². The summed E-state index contributed by atoms with van der Waals surface area (Å²) >= 11 is 0. The third-order valence-corrected chi connectivity index (χ3v) is 7.01. The van der Waals surface area contributed by atoms with Crippen LogP contribution in [0.25, 0.3) is 10.8 Å². The van der Waals surface area contributed by atoms with E-state index in [1.165, 1.54) is 13.3 Å². The smallest absolute Gasteiger partial charge is 0.325 e. The molecular formula is C20H27N4O7P. The summed E-state index contributed by atoms with van der Waals surface area (Å²) in [7, 11) is -2.55. The predicted octanol–water partition coefficient (Wildman–Crippen LogP) is 1.26. The second-order valence-electron chi connectivity index (χ2n) is 8.32. The molecule has 2 aliphatic heterocycles. The Morgan fingerprint density at radius 2 is 2.06 bits per heavy atom. The van der Waals surface area contributed by atoms with Gasteiger partial charge in [0.1, 0.15) is 11.2 Å². The molecule has 2 aromatic heterocycles. The number of hydrogen-bond acceptors (Lipinski definition) is 8. The number of carbonyl (C=O) groups excluding carboxylic acids is 1. The fourth-order valence-corrected chi connectivity index (χ4v) is 4.99. The van der Waals surface area contributed by atoms with Crippen molar-refractivity contribution >= 4 is 30.1 Å². The topological polar surface area (TPSA) is 144 Å². The number of nitrogens with zero attached hydrogens (tertiary/aromatic N) is 4. The van der Waals surface area contributed by atoms with Crippen LogP contribution in [0.15, 0.2) is 17.1 Å². The standard InChI is InChI=1S/C20H27N4O7P/c1-30-18-17-15(11-21-24(20(17)26)19(25)14-4-8-31-12-14)10-16(22-18)23-6-2-13(3-7-23)5-9-32(27,28)29/h10-11,13-14H,2-9,12H2,1H3,(H2,27,28,29). The monoisotopic (exact) mass is 466 g/mol. The van der Waals surface area contributed by atoms with Crippen molar-refractivity contribution in [3.05, 3.63) is 22.6 Å². The normalized spacial score (nSPS) is 20.1. The first-order chi connectivity index (χ1) is 15.3. The van der Waals surface area contributed by atoms with Crippen LogP contribution in [0.5, 0.6) is 5.88 Å². The largest absolute Gasteiger partial charge is 0.480 e. The van der Waals surface area contributed by atoms with Gasteiger partial charge in [-0.2, -0.15) is 14.8 Å². The number of fused-ring (bicyclic) bond motifs is 1. The summed E-state index contributed by atoms with van der Waals surface area (Å²) in [5, 5.41) is 4.83. The van der Waals surface area contributed by atoms with Crippen LogP contribution in [0.3, 0.4) is 0 Å². The first-order valence-electron chi connectivity index (χ1n) is 10.7. The van der Waals surface area contributed by atoms with E-state index in [9.17, 15) is 14.2 Å². The van der Waals surface area contributed by atoms with Gasteiger partial charge in [-0.15, -0.1) is 0 Å². The van der Waals surface area contributed by atoms with E-state index in [4.69, 9.17) is 19.3 Å². The minimum atomic E-state index is -3.98. The lowest BCUT2D eigenvalue weighted by Crippen LogP contribution is -2.35. The van der Waals surface area contributed by atoms with Gasteiger partial charge in [0.15, 0.2) is 0 Å². The molecule has 1 unspecified atom stereocenters. The highest BCUT2D eigenvalue weighted by Gasteiger charge is 2.28. The van der Waals surface area contributed by atoms with Crippen LogP contribution in [0.1, 0.15) is 30.5 Å². The van der Waals surface area contributed by atoms with Gasteiger partial charge in [-0.05, 0) is 37.7 Å². The molecule has 2 aromatic rings. The number of anilines is 1. The number of ether oxygens (including phenoxy) is 2. The third kappa shape index (κ3) is 4.85. The molecule has 2 aliphatic rings. The van der Waals surface area contributed by atoms with Gasteiger partial charge in [0.05, 0.1) is 32.0 Å². The lowest BCUT2D eigenvalue weighted by Gasteiger charge is -2.33. The van der Waals surface area contributed by atoms with Gasteiger partial charge in [0, 0.05) is 25.1 Å². The number of carbonyl (C=O) groups is 1. The maximum atomic E-state index is 13.0. The molecule has 0 amide bonds. The number of pyridine rings is 1. The Kier molecular flexibility index (Phi) is 6.62. The Hall–Kier alpha value is -2.33. The lowest BCUT2D eigenvalue weighted by atomic mass is 9.94. The summed E-state index contributed by atoms with van der Waals surface area (Å²) in [6.07, 6.45) is 4.02. The molecule has 0 spiro atoms. The van der Waals surface area contributed by atoms with Gasteiger partial charge in [-0.25, -0.2) is 0 Å². The molecule has 12 heteroatoms. The zero-order chi connectivity index (χ0) is 22.9. The molecule has 4 heterocycles. The maximum absolute atomic E-state index is 13.0. The van der Waals surface area contributed by atoms with Gasteiger partial charge >= 0.3 is 7.60 Å². The minimum absolute atomic E-state index is 0.0939. The highest BCUT2D eigenvalue weighted by atomic mass is 31.2. The van der Waals surface area contributed by atoms with E-state index in [1.807, 2.05) is 0 Å². The quantitative estimate of drug-likeness (QED) is 0.597. The Labute approximate surface area is 184 Å². The zero-order valence-electron chi connectivity index (χ0n) is 17.8. The molecule has 0 radical (unpaired) electrons. The summed E-state index contributed by atoms with van der Waals surface area (Å²) in [5.74, 6) is 0.247. The molecule has 0 saturated carbocycles. The molecule has 2 fully saturated rings. The van der Waals surface area contributed by atoms with E-state index in [2.05, 4.69) is 15.0 Å². The van der Waals surface area contributed by atoms with Gasteiger partial charge in [0.2, 0.25) is 5.88 Å². The van der Waals surface area contributed by atoms with Crippen LogP contribution in [0.4, 0.5) is 5.82 Å². The van der Waals surface area contributed by atoms with E-state index < -0.39 is 19.1 Å². The first kappa shape index (κ1) is 22.8. The molecule has 174 valence electrons. The van der Waals surface area contributed by atoms with E-state index >= 15 is 0 Å². The molecule has 2 N–H and O–H groups in total. The number of rotatable bonds is 6. The molecule has 0 bridgehead atoms. The van der Waals surface area contributed by atoms with Crippen molar-refractivity contribution in [1.82, 2.24) is 14.8 Å². The summed E-state index contributed by atoms with van der Waals surface area (Å²) in [6.45, 7) is 2.13. The van der Waals surface area contributed by atoms with E-state index in [1.54, 1.807) is 6.07 Å². The van der Waals surface area contributed by atoms with Gasteiger partial charge in [-0.3, -0.25) is 14.2 Å². The van der Waals surface area contributed by atoms with Crippen molar-refractivity contribution in [2.45, 2.75) is 25.7 Å². The Bertz CT molecular complexity index is 1100. The van der Waals surface area contributed by atoms with Crippen LogP contribution in [-0.4, -0.2) is 70.0 Å². The van der Waals surface area contributed by atoms with Crippen LogP contribution in [0, 0.1) is 11.8 Å².